The molecule has 3 aliphatic heterocycles. The van der Waals surface area contributed by atoms with Gasteiger partial charge in [0.2, 0.25) is 0 Å². The first kappa shape index (κ1) is 20.8. The first-order valence-corrected chi connectivity index (χ1v) is 10.4. The van der Waals surface area contributed by atoms with E-state index in [9.17, 15) is 22.4 Å². The van der Waals surface area contributed by atoms with E-state index in [2.05, 4.69) is 15.0 Å². The highest BCUT2D eigenvalue weighted by atomic mass is 19.4. The lowest BCUT2D eigenvalue weighted by Gasteiger charge is -2.44. The predicted molar refractivity (Wildman–Crippen MR) is 109 cm³/mol. The Labute approximate surface area is 180 Å². The predicted octanol–water partition coefficient (Wildman–Crippen LogP) is 4.96. The number of carbonyl (C=O) groups excluding carboxylic acids is 1. The summed E-state index contributed by atoms with van der Waals surface area (Å²) in [5.74, 6) is -0.779. The highest BCUT2D eigenvalue weighted by Crippen LogP contribution is 2.34. The van der Waals surface area contributed by atoms with E-state index < -0.39 is 12.2 Å². The molecule has 0 saturated carbocycles. The average molecular weight is 448 g/mol. The lowest BCUT2D eigenvalue weighted by molar-refractivity contribution is -0.274. The van der Waals surface area contributed by atoms with Gasteiger partial charge in [0.25, 0.3) is 5.91 Å². The number of nitrogens with one attached hydrogen (secondary N) is 1. The van der Waals surface area contributed by atoms with E-state index in [0.29, 0.717) is 22.4 Å². The summed E-state index contributed by atoms with van der Waals surface area (Å²) < 4.78 is 61.1. The van der Waals surface area contributed by atoms with Crippen LogP contribution in [0.2, 0.25) is 0 Å². The number of fused-ring (bicyclic) bond motifs is 4. The Morgan fingerprint density at radius 1 is 1.09 bits per heavy atom. The van der Waals surface area contributed by atoms with Crippen molar-refractivity contribution in [1.29, 1.82) is 0 Å². The SMILES string of the molecule is O=C(NC1CN2CCC1CC2)c1cc2cc(F)cc(-c3ccc(OC(F)(F)F)cc3)c2o1. The summed E-state index contributed by atoms with van der Waals surface area (Å²) in [4.78, 5) is 15.2. The van der Waals surface area contributed by atoms with Crippen molar-refractivity contribution in [2.24, 2.45) is 5.92 Å². The highest BCUT2D eigenvalue weighted by molar-refractivity contribution is 6.00. The van der Waals surface area contributed by atoms with Crippen LogP contribution in [0.3, 0.4) is 0 Å². The topological polar surface area (TPSA) is 54.7 Å². The summed E-state index contributed by atoms with van der Waals surface area (Å²) >= 11 is 0. The van der Waals surface area contributed by atoms with Crippen LogP contribution in [-0.4, -0.2) is 42.8 Å². The third-order valence-corrected chi connectivity index (χ3v) is 6.18. The van der Waals surface area contributed by atoms with Crippen LogP contribution in [0.4, 0.5) is 17.6 Å². The lowest BCUT2D eigenvalue weighted by atomic mass is 9.84. The molecule has 6 rings (SSSR count). The smallest absolute Gasteiger partial charge is 0.450 e. The zero-order valence-electron chi connectivity index (χ0n) is 16.9. The van der Waals surface area contributed by atoms with Crippen LogP contribution in [0.25, 0.3) is 22.1 Å². The molecule has 3 aliphatic rings. The number of ether oxygens (including phenoxy) is 1. The summed E-state index contributed by atoms with van der Waals surface area (Å²) in [5, 5.41) is 3.44. The van der Waals surface area contributed by atoms with E-state index in [0.717, 1.165) is 44.6 Å². The molecule has 1 unspecified atom stereocenters. The zero-order chi connectivity index (χ0) is 22.5. The molecule has 2 aromatic carbocycles. The van der Waals surface area contributed by atoms with Gasteiger partial charge >= 0.3 is 6.36 Å². The van der Waals surface area contributed by atoms with Crippen LogP contribution < -0.4 is 10.1 Å². The van der Waals surface area contributed by atoms with Gasteiger partial charge in [-0.05, 0) is 67.7 Å². The summed E-state index contributed by atoms with van der Waals surface area (Å²) in [6.07, 6.45) is -2.70. The number of carbonyl (C=O) groups is 1. The third kappa shape index (κ3) is 4.17. The number of nitrogens with zero attached hydrogens (tertiary/aromatic N) is 1. The van der Waals surface area contributed by atoms with Crippen molar-refractivity contribution in [3.63, 3.8) is 0 Å². The monoisotopic (exact) mass is 448 g/mol. The van der Waals surface area contributed by atoms with Crippen molar-refractivity contribution in [1.82, 2.24) is 10.2 Å². The zero-order valence-corrected chi connectivity index (χ0v) is 16.9. The van der Waals surface area contributed by atoms with Crippen molar-refractivity contribution >= 4 is 16.9 Å². The Balaban J connectivity index is 1.42. The van der Waals surface area contributed by atoms with E-state index >= 15 is 0 Å². The van der Waals surface area contributed by atoms with E-state index in [1.165, 1.54) is 30.3 Å². The molecular weight excluding hydrogens is 428 g/mol. The van der Waals surface area contributed by atoms with Gasteiger partial charge in [0.15, 0.2) is 5.76 Å². The molecule has 0 spiro atoms. The minimum atomic E-state index is -4.80. The third-order valence-electron chi connectivity index (χ3n) is 6.18. The maximum Gasteiger partial charge on any atom is 0.573 e. The standard InChI is InChI=1S/C23H20F4N2O3/c24-16-9-15-10-20(22(30)28-19-12-29-7-5-14(19)6-8-29)31-21(15)18(11-16)13-1-3-17(4-2-13)32-23(25,26)27/h1-4,9-11,14,19H,5-8,12H2,(H,28,30). The number of benzene rings is 2. The minimum absolute atomic E-state index is 0.0515. The number of amides is 1. The fraction of sp³-hybridized carbons (Fsp3) is 0.348. The van der Waals surface area contributed by atoms with Crippen LogP contribution in [-0.2, 0) is 0 Å². The Morgan fingerprint density at radius 3 is 2.44 bits per heavy atom. The van der Waals surface area contributed by atoms with Gasteiger partial charge in [-0.3, -0.25) is 4.79 Å². The van der Waals surface area contributed by atoms with E-state index in [1.807, 2.05) is 0 Å². The van der Waals surface area contributed by atoms with Gasteiger partial charge in [-0.1, -0.05) is 12.1 Å². The first-order valence-electron chi connectivity index (χ1n) is 10.4. The Kier molecular flexibility index (Phi) is 5.08. The Bertz CT molecular complexity index is 1150. The molecule has 0 aliphatic carbocycles. The Hall–Kier alpha value is -3.07. The molecule has 32 heavy (non-hydrogen) atoms. The summed E-state index contributed by atoms with van der Waals surface area (Å²) in [5.41, 5.74) is 1.05. The molecule has 1 N–H and O–H groups in total. The highest BCUT2D eigenvalue weighted by Gasteiger charge is 2.35. The van der Waals surface area contributed by atoms with Crippen LogP contribution >= 0.6 is 0 Å². The largest absolute Gasteiger partial charge is 0.573 e. The van der Waals surface area contributed by atoms with Gasteiger partial charge in [-0.2, -0.15) is 0 Å². The molecule has 5 nitrogen and oxygen atoms in total. The molecule has 3 saturated heterocycles. The number of piperidine rings is 3. The van der Waals surface area contributed by atoms with E-state index in [4.69, 9.17) is 4.42 Å². The number of rotatable bonds is 4. The van der Waals surface area contributed by atoms with E-state index in [1.54, 1.807) is 0 Å². The van der Waals surface area contributed by atoms with Gasteiger partial charge in [-0.25, -0.2) is 4.39 Å². The Morgan fingerprint density at radius 2 is 1.81 bits per heavy atom. The van der Waals surface area contributed by atoms with Gasteiger partial charge in [0.05, 0.1) is 0 Å². The molecule has 3 fully saturated rings. The molecule has 2 bridgehead atoms. The molecule has 9 heteroatoms. The maximum atomic E-state index is 14.2. The quantitative estimate of drug-likeness (QED) is 0.574. The lowest BCUT2D eigenvalue weighted by Crippen LogP contribution is -2.57. The normalized spacial score (nSPS) is 22.8. The first-order chi connectivity index (χ1) is 15.2. The van der Waals surface area contributed by atoms with Crippen LogP contribution in [0.5, 0.6) is 5.75 Å². The molecule has 0 radical (unpaired) electrons. The van der Waals surface area contributed by atoms with Crippen molar-refractivity contribution in [2.45, 2.75) is 25.2 Å². The second kappa shape index (κ2) is 7.81. The van der Waals surface area contributed by atoms with Gasteiger partial charge in [0, 0.05) is 23.5 Å². The maximum absolute atomic E-state index is 14.2. The van der Waals surface area contributed by atoms with Gasteiger partial charge < -0.3 is 19.4 Å². The van der Waals surface area contributed by atoms with Gasteiger partial charge in [-0.15, -0.1) is 13.2 Å². The van der Waals surface area contributed by atoms with Crippen LogP contribution in [0.1, 0.15) is 23.4 Å². The number of halogens is 4. The fourth-order valence-corrected chi connectivity index (χ4v) is 4.65. The number of hydrogen-bond donors (Lipinski definition) is 1. The fourth-order valence-electron chi connectivity index (χ4n) is 4.65. The molecule has 3 aromatic rings. The number of alkyl halides is 3. The van der Waals surface area contributed by atoms with Crippen molar-refractivity contribution in [2.75, 3.05) is 19.6 Å². The van der Waals surface area contributed by atoms with Gasteiger partial charge in [0.1, 0.15) is 17.1 Å². The summed E-state index contributed by atoms with van der Waals surface area (Å²) in [7, 11) is 0. The van der Waals surface area contributed by atoms with E-state index in [-0.39, 0.29) is 29.0 Å². The van der Waals surface area contributed by atoms with Crippen molar-refractivity contribution in [3.8, 4) is 16.9 Å². The molecule has 1 amide bonds. The second-order valence-corrected chi connectivity index (χ2v) is 8.27. The molecular formula is C23H20F4N2O3. The summed E-state index contributed by atoms with van der Waals surface area (Å²) in [6.45, 7) is 2.91. The average Bonchev–Trinajstić information content (AvgIpc) is 3.18. The summed E-state index contributed by atoms with van der Waals surface area (Å²) in [6, 6.07) is 9.06. The molecule has 1 atom stereocenters. The van der Waals surface area contributed by atoms with Crippen molar-refractivity contribution in [3.05, 3.63) is 54.0 Å². The van der Waals surface area contributed by atoms with Crippen molar-refractivity contribution < 1.29 is 31.5 Å². The molecule has 1 aromatic heterocycles. The minimum Gasteiger partial charge on any atom is -0.450 e. The molecule has 4 heterocycles. The second-order valence-electron chi connectivity index (χ2n) is 8.27. The van der Waals surface area contributed by atoms with Crippen LogP contribution in [0.15, 0.2) is 46.9 Å². The molecule has 168 valence electrons. The van der Waals surface area contributed by atoms with Crippen LogP contribution in [0, 0.1) is 11.7 Å². The number of furan rings is 1. The number of hydrogen-bond acceptors (Lipinski definition) is 4.